The lowest BCUT2D eigenvalue weighted by Crippen LogP contribution is -2.48. The molecule has 1 nitrogen and oxygen atoms in total. The number of fused-ring (bicyclic) bond motifs is 2. The Balaban J connectivity index is 2.16. The number of rotatable bonds is 0. The molecular formula is C10H18O. The Hall–Kier alpha value is -0.0400. The summed E-state index contributed by atoms with van der Waals surface area (Å²) < 4.78 is 6.10. The highest BCUT2D eigenvalue weighted by Gasteiger charge is 2.42. The Morgan fingerprint density at radius 2 is 1.18 bits per heavy atom. The van der Waals surface area contributed by atoms with Crippen LogP contribution in [-0.2, 0) is 4.74 Å². The van der Waals surface area contributed by atoms with E-state index in [1.165, 1.54) is 38.5 Å². The summed E-state index contributed by atoms with van der Waals surface area (Å²) in [4.78, 5) is 0. The molecule has 0 atom stereocenters. The van der Waals surface area contributed by atoms with Crippen molar-refractivity contribution in [1.29, 1.82) is 0 Å². The Morgan fingerprint density at radius 1 is 0.818 bits per heavy atom. The predicted molar refractivity (Wildman–Crippen MR) is 45.6 cm³/mol. The van der Waals surface area contributed by atoms with Crippen LogP contribution < -0.4 is 0 Å². The first-order valence-corrected chi connectivity index (χ1v) is 4.82. The van der Waals surface area contributed by atoms with E-state index >= 15 is 0 Å². The summed E-state index contributed by atoms with van der Waals surface area (Å²) in [5, 5.41) is 0. The van der Waals surface area contributed by atoms with Crippen molar-refractivity contribution in [3.63, 3.8) is 0 Å². The second-order valence-electron chi connectivity index (χ2n) is 4.71. The summed E-state index contributed by atoms with van der Waals surface area (Å²) in [5.41, 5.74) is 0.483. The lowest BCUT2D eigenvalue weighted by atomic mass is 9.77. The molecule has 1 heteroatoms. The highest BCUT2D eigenvalue weighted by molar-refractivity contribution is 4.93. The Morgan fingerprint density at radius 3 is 1.45 bits per heavy atom. The van der Waals surface area contributed by atoms with E-state index in [0.717, 1.165) is 0 Å². The highest BCUT2D eigenvalue weighted by atomic mass is 16.5. The average molecular weight is 154 g/mol. The van der Waals surface area contributed by atoms with Crippen LogP contribution in [0.3, 0.4) is 0 Å². The van der Waals surface area contributed by atoms with Gasteiger partial charge in [0.15, 0.2) is 0 Å². The Kier molecular flexibility index (Phi) is 1.54. The molecule has 0 saturated carbocycles. The third-order valence-corrected chi connectivity index (χ3v) is 3.32. The largest absolute Gasteiger partial charge is 0.369 e. The van der Waals surface area contributed by atoms with Gasteiger partial charge < -0.3 is 4.74 Å². The van der Waals surface area contributed by atoms with Crippen LogP contribution in [0.25, 0.3) is 0 Å². The molecule has 0 aromatic rings. The van der Waals surface area contributed by atoms with Gasteiger partial charge in [-0.3, -0.25) is 0 Å². The van der Waals surface area contributed by atoms with Crippen molar-refractivity contribution in [2.24, 2.45) is 0 Å². The smallest absolute Gasteiger partial charge is 0.0662 e. The van der Waals surface area contributed by atoms with Crippen molar-refractivity contribution >= 4 is 0 Å². The topological polar surface area (TPSA) is 9.23 Å². The van der Waals surface area contributed by atoms with E-state index in [4.69, 9.17) is 4.74 Å². The van der Waals surface area contributed by atoms with Crippen molar-refractivity contribution in [2.75, 3.05) is 0 Å². The van der Waals surface area contributed by atoms with Crippen LogP contribution in [0, 0.1) is 0 Å². The van der Waals surface area contributed by atoms with Crippen molar-refractivity contribution in [3.05, 3.63) is 0 Å². The Labute approximate surface area is 69.1 Å². The first-order valence-electron chi connectivity index (χ1n) is 4.82. The fourth-order valence-electron chi connectivity index (χ4n) is 2.72. The molecule has 2 heterocycles. The van der Waals surface area contributed by atoms with Crippen LogP contribution in [0.1, 0.15) is 52.4 Å². The normalized spacial score (nSPS) is 50.7. The van der Waals surface area contributed by atoms with Crippen LogP contribution in [0.4, 0.5) is 0 Å². The molecule has 0 aromatic carbocycles. The van der Waals surface area contributed by atoms with Gasteiger partial charge in [-0.15, -0.1) is 0 Å². The molecule has 0 N–H and O–H groups in total. The van der Waals surface area contributed by atoms with E-state index in [2.05, 4.69) is 13.8 Å². The van der Waals surface area contributed by atoms with Gasteiger partial charge in [-0.25, -0.2) is 0 Å². The average Bonchev–Trinajstić information content (AvgIpc) is 1.83. The Bertz CT molecular complexity index is 136. The summed E-state index contributed by atoms with van der Waals surface area (Å²) >= 11 is 0. The summed E-state index contributed by atoms with van der Waals surface area (Å²) in [6, 6.07) is 0. The molecule has 2 rings (SSSR count). The SMILES string of the molecule is CC12CCCC(C)(CCC1)O2. The maximum Gasteiger partial charge on any atom is 0.0662 e. The van der Waals surface area contributed by atoms with Gasteiger partial charge in [0.05, 0.1) is 11.2 Å². The minimum absolute atomic E-state index is 0.241. The van der Waals surface area contributed by atoms with E-state index in [9.17, 15) is 0 Å². The van der Waals surface area contributed by atoms with E-state index in [1.54, 1.807) is 0 Å². The quantitative estimate of drug-likeness (QED) is 0.521. The maximum absolute atomic E-state index is 6.10. The molecular weight excluding hydrogens is 136 g/mol. The van der Waals surface area contributed by atoms with Gasteiger partial charge >= 0.3 is 0 Å². The zero-order chi connectivity index (χ0) is 7.95. The molecule has 0 aromatic heterocycles. The molecule has 2 bridgehead atoms. The van der Waals surface area contributed by atoms with Crippen LogP contribution in [0.15, 0.2) is 0 Å². The van der Waals surface area contributed by atoms with Crippen LogP contribution in [-0.4, -0.2) is 11.2 Å². The monoisotopic (exact) mass is 154 g/mol. The molecule has 2 saturated heterocycles. The standard InChI is InChI=1S/C10H18O/c1-9-5-3-7-10(2,11-9)8-4-6-9/h3-8H2,1-2H3. The zero-order valence-electron chi connectivity index (χ0n) is 7.65. The fraction of sp³-hybridized carbons (Fsp3) is 1.00. The molecule has 0 amide bonds. The van der Waals surface area contributed by atoms with Gasteiger partial charge in [0, 0.05) is 0 Å². The molecule has 0 spiro atoms. The summed E-state index contributed by atoms with van der Waals surface area (Å²) in [5.74, 6) is 0. The number of hydrogen-bond acceptors (Lipinski definition) is 1. The van der Waals surface area contributed by atoms with Crippen LogP contribution >= 0.6 is 0 Å². The van der Waals surface area contributed by atoms with E-state index < -0.39 is 0 Å². The van der Waals surface area contributed by atoms with Crippen molar-refractivity contribution in [3.8, 4) is 0 Å². The van der Waals surface area contributed by atoms with Gasteiger partial charge in [-0.2, -0.15) is 0 Å². The van der Waals surface area contributed by atoms with Crippen molar-refractivity contribution in [2.45, 2.75) is 63.6 Å². The fourth-order valence-corrected chi connectivity index (χ4v) is 2.72. The van der Waals surface area contributed by atoms with Gasteiger partial charge in [0.2, 0.25) is 0 Å². The second kappa shape index (κ2) is 2.22. The first kappa shape index (κ1) is 7.60. The zero-order valence-corrected chi connectivity index (χ0v) is 7.65. The summed E-state index contributed by atoms with van der Waals surface area (Å²) in [7, 11) is 0. The highest BCUT2D eigenvalue weighted by Crippen LogP contribution is 2.44. The molecule has 64 valence electrons. The third kappa shape index (κ3) is 1.31. The lowest BCUT2D eigenvalue weighted by Gasteiger charge is -2.49. The first-order chi connectivity index (χ1) is 5.12. The van der Waals surface area contributed by atoms with E-state index in [1.807, 2.05) is 0 Å². The molecule has 2 aliphatic rings. The minimum atomic E-state index is 0.241. The molecule has 11 heavy (non-hydrogen) atoms. The number of ether oxygens (including phenoxy) is 1. The maximum atomic E-state index is 6.10. The summed E-state index contributed by atoms with van der Waals surface area (Å²) in [6.45, 7) is 4.56. The van der Waals surface area contributed by atoms with Gasteiger partial charge in [-0.1, -0.05) is 0 Å². The van der Waals surface area contributed by atoms with Gasteiger partial charge in [0.25, 0.3) is 0 Å². The molecule has 2 aliphatic heterocycles. The van der Waals surface area contributed by atoms with Crippen LogP contribution in [0.2, 0.25) is 0 Å². The summed E-state index contributed by atoms with van der Waals surface area (Å²) in [6.07, 6.45) is 7.86. The number of hydrogen-bond donors (Lipinski definition) is 0. The molecule has 0 unspecified atom stereocenters. The van der Waals surface area contributed by atoms with Crippen LogP contribution in [0.5, 0.6) is 0 Å². The van der Waals surface area contributed by atoms with E-state index in [0.29, 0.717) is 0 Å². The minimum Gasteiger partial charge on any atom is -0.369 e. The lowest BCUT2D eigenvalue weighted by molar-refractivity contribution is -0.203. The molecule has 0 aliphatic carbocycles. The van der Waals surface area contributed by atoms with Crippen molar-refractivity contribution < 1.29 is 4.74 Å². The van der Waals surface area contributed by atoms with Gasteiger partial charge in [0.1, 0.15) is 0 Å². The predicted octanol–water partition coefficient (Wildman–Crippen LogP) is 2.89. The second-order valence-corrected chi connectivity index (χ2v) is 4.71. The van der Waals surface area contributed by atoms with Gasteiger partial charge in [-0.05, 0) is 52.4 Å². The van der Waals surface area contributed by atoms with E-state index in [-0.39, 0.29) is 11.2 Å². The van der Waals surface area contributed by atoms with Crippen molar-refractivity contribution in [1.82, 2.24) is 0 Å². The molecule has 2 fully saturated rings. The molecule has 0 radical (unpaired) electrons. The third-order valence-electron chi connectivity index (χ3n) is 3.32.